The fourth-order valence-electron chi connectivity index (χ4n) is 1.75. The third-order valence-electron chi connectivity index (χ3n) is 2.70. The lowest BCUT2D eigenvalue weighted by atomic mass is 10.1. The molecule has 110 valence electrons. The van der Waals surface area contributed by atoms with Gasteiger partial charge in [0, 0.05) is 25.6 Å². The van der Waals surface area contributed by atoms with Gasteiger partial charge in [-0.1, -0.05) is 6.07 Å². The molecular formula is C14H18F2N2O2. The van der Waals surface area contributed by atoms with E-state index in [9.17, 15) is 8.78 Å². The van der Waals surface area contributed by atoms with Gasteiger partial charge in [-0.15, -0.1) is 12.3 Å². The second-order valence-corrected chi connectivity index (χ2v) is 3.99. The summed E-state index contributed by atoms with van der Waals surface area (Å²) in [5.41, 5.74) is 6.41. The molecule has 0 saturated heterocycles. The number of nitrogens with one attached hydrogen (secondary N) is 1. The molecule has 20 heavy (non-hydrogen) atoms. The van der Waals surface area contributed by atoms with Crippen molar-refractivity contribution < 1.29 is 18.3 Å². The molecule has 0 fully saturated rings. The van der Waals surface area contributed by atoms with Crippen molar-refractivity contribution in [3.05, 3.63) is 23.8 Å². The Morgan fingerprint density at radius 2 is 2.15 bits per heavy atom. The quantitative estimate of drug-likeness (QED) is 0.565. The molecule has 0 aliphatic carbocycles. The molecule has 0 amide bonds. The van der Waals surface area contributed by atoms with E-state index in [0.29, 0.717) is 19.5 Å². The minimum absolute atomic E-state index is 0.0165. The van der Waals surface area contributed by atoms with Crippen molar-refractivity contribution in [3.63, 3.8) is 0 Å². The molecule has 1 rings (SSSR count). The number of ether oxygens (including phenoxy) is 2. The normalized spacial score (nSPS) is 12.0. The van der Waals surface area contributed by atoms with Crippen molar-refractivity contribution in [3.8, 4) is 23.8 Å². The molecule has 0 spiro atoms. The van der Waals surface area contributed by atoms with E-state index in [0.717, 1.165) is 5.56 Å². The number of halogens is 2. The minimum atomic E-state index is -2.91. The van der Waals surface area contributed by atoms with Crippen LogP contribution in [0, 0.1) is 12.3 Å². The van der Waals surface area contributed by atoms with E-state index in [4.69, 9.17) is 16.9 Å². The van der Waals surface area contributed by atoms with Gasteiger partial charge in [-0.2, -0.15) is 8.78 Å². The summed E-state index contributed by atoms with van der Waals surface area (Å²) in [7, 11) is 1.39. The average molecular weight is 284 g/mol. The van der Waals surface area contributed by atoms with E-state index in [2.05, 4.69) is 16.0 Å². The zero-order chi connectivity index (χ0) is 15.0. The lowest BCUT2D eigenvalue weighted by molar-refractivity contribution is -0.0512. The Kier molecular flexibility index (Phi) is 6.77. The molecular weight excluding hydrogens is 266 g/mol. The van der Waals surface area contributed by atoms with Crippen molar-refractivity contribution >= 4 is 0 Å². The summed E-state index contributed by atoms with van der Waals surface area (Å²) in [6.07, 6.45) is 5.73. The Labute approximate surface area is 117 Å². The highest BCUT2D eigenvalue weighted by Gasteiger charge is 2.15. The number of terminal acetylenes is 1. The van der Waals surface area contributed by atoms with Gasteiger partial charge >= 0.3 is 6.61 Å². The first-order valence-electron chi connectivity index (χ1n) is 6.12. The highest BCUT2D eigenvalue weighted by Crippen LogP contribution is 2.31. The zero-order valence-corrected chi connectivity index (χ0v) is 11.2. The summed E-state index contributed by atoms with van der Waals surface area (Å²) in [6.45, 7) is -2.01. The number of nitrogens with two attached hydrogens (primary N) is 1. The molecule has 0 saturated carbocycles. The molecule has 0 aromatic heterocycles. The Morgan fingerprint density at radius 1 is 1.40 bits per heavy atom. The van der Waals surface area contributed by atoms with Crippen LogP contribution in [0.4, 0.5) is 8.78 Å². The summed E-state index contributed by atoms with van der Waals surface area (Å²) >= 11 is 0. The van der Waals surface area contributed by atoms with E-state index in [1.807, 2.05) is 0 Å². The molecule has 3 N–H and O–H groups in total. The van der Waals surface area contributed by atoms with Gasteiger partial charge in [0.25, 0.3) is 0 Å². The highest BCUT2D eigenvalue weighted by atomic mass is 19.3. The minimum Gasteiger partial charge on any atom is -0.493 e. The lowest BCUT2D eigenvalue weighted by Gasteiger charge is -2.19. The molecule has 1 atom stereocenters. The maximum atomic E-state index is 12.4. The highest BCUT2D eigenvalue weighted by molar-refractivity contribution is 5.44. The van der Waals surface area contributed by atoms with Crippen LogP contribution in [0.15, 0.2) is 18.2 Å². The van der Waals surface area contributed by atoms with Crippen LogP contribution in [0.3, 0.4) is 0 Å². The fourth-order valence-corrected chi connectivity index (χ4v) is 1.75. The molecule has 0 heterocycles. The van der Waals surface area contributed by atoms with Gasteiger partial charge in [0.2, 0.25) is 0 Å². The van der Waals surface area contributed by atoms with Crippen molar-refractivity contribution in [2.45, 2.75) is 19.1 Å². The monoisotopic (exact) mass is 284 g/mol. The van der Waals surface area contributed by atoms with Crippen molar-refractivity contribution in [2.75, 3.05) is 20.2 Å². The van der Waals surface area contributed by atoms with Crippen LogP contribution in [0.25, 0.3) is 0 Å². The van der Waals surface area contributed by atoms with Gasteiger partial charge in [0.1, 0.15) is 0 Å². The van der Waals surface area contributed by atoms with Crippen LogP contribution in [0.1, 0.15) is 18.0 Å². The number of benzene rings is 1. The second-order valence-electron chi connectivity index (χ2n) is 3.99. The van der Waals surface area contributed by atoms with Gasteiger partial charge in [-0.25, -0.2) is 0 Å². The van der Waals surface area contributed by atoms with Crippen molar-refractivity contribution in [2.24, 2.45) is 5.73 Å². The van der Waals surface area contributed by atoms with Gasteiger partial charge in [0.05, 0.1) is 7.11 Å². The Balaban J connectivity index is 2.90. The number of methoxy groups -OCH3 is 1. The van der Waals surface area contributed by atoms with E-state index in [1.54, 1.807) is 12.1 Å². The molecule has 0 aliphatic heterocycles. The Hall–Kier alpha value is -1.84. The summed E-state index contributed by atoms with van der Waals surface area (Å²) in [5.74, 6) is 2.73. The molecule has 0 aliphatic rings. The summed E-state index contributed by atoms with van der Waals surface area (Å²) < 4.78 is 34.1. The van der Waals surface area contributed by atoms with E-state index in [1.165, 1.54) is 13.2 Å². The molecule has 1 aromatic carbocycles. The molecule has 6 heteroatoms. The largest absolute Gasteiger partial charge is 0.493 e. The number of hydrogen-bond acceptors (Lipinski definition) is 4. The number of alkyl halides is 2. The maximum absolute atomic E-state index is 12.4. The predicted octanol–water partition coefficient (Wildman–Crippen LogP) is 1.91. The Bertz CT molecular complexity index is 461. The third-order valence-corrected chi connectivity index (χ3v) is 2.70. The molecule has 1 aromatic rings. The van der Waals surface area contributed by atoms with Gasteiger partial charge < -0.3 is 20.5 Å². The molecule has 0 radical (unpaired) electrons. The van der Waals surface area contributed by atoms with E-state index in [-0.39, 0.29) is 17.5 Å². The fraction of sp³-hybridized carbons (Fsp3) is 0.429. The lowest BCUT2D eigenvalue weighted by Crippen LogP contribution is -2.28. The first-order chi connectivity index (χ1) is 9.62. The topological polar surface area (TPSA) is 56.5 Å². The summed E-state index contributed by atoms with van der Waals surface area (Å²) in [4.78, 5) is 0. The predicted molar refractivity (Wildman–Crippen MR) is 72.9 cm³/mol. The Morgan fingerprint density at radius 3 is 2.70 bits per heavy atom. The van der Waals surface area contributed by atoms with Gasteiger partial charge in [0.15, 0.2) is 11.5 Å². The number of hydrogen-bond donors (Lipinski definition) is 2. The molecule has 1 unspecified atom stereocenters. The van der Waals surface area contributed by atoms with Crippen LogP contribution >= 0.6 is 0 Å². The van der Waals surface area contributed by atoms with Crippen molar-refractivity contribution in [1.29, 1.82) is 0 Å². The van der Waals surface area contributed by atoms with Crippen LogP contribution in [-0.2, 0) is 0 Å². The smallest absolute Gasteiger partial charge is 0.387 e. The first-order valence-corrected chi connectivity index (χ1v) is 6.12. The summed E-state index contributed by atoms with van der Waals surface area (Å²) in [5, 5.41) is 3.15. The molecule has 0 bridgehead atoms. The van der Waals surface area contributed by atoms with Crippen molar-refractivity contribution in [1.82, 2.24) is 5.32 Å². The van der Waals surface area contributed by atoms with E-state index < -0.39 is 6.61 Å². The van der Waals surface area contributed by atoms with Gasteiger partial charge in [-0.3, -0.25) is 0 Å². The van der Waals surface area contributed by atoms with Crippen LogP contribution in [0.5, 0.6) is 11.5 Å². The number of rotatable bonds is 8. The van der Waals surface area contributed by atoms with E-state index >= 15 is 0 Å². The zero-order valence-electron chi connectivity index (χ0n) is 11.2. The third kappa shape index (κ3) is 4.68. The summed E-state index contributed by atoms with van der Waals surface area (Å²) in [6, 6.07) is 4.62. The SMILES string of the molecule is C#CCCNC(CN)c1ccc(OC)c(OC(F)F)c1. The maximum Gasteiger partial charge on any atom is 0.387 e. The molecule has 4 nitrogen and oxygen atoms in total. The van der Waals surface area contributed by atoms with Crippen LogP contribution in [0.2, 0.25) is 0 Å². The average Bonchev–Trinajstić information content (AvgIpc) is 2.43. The first kappa shape index (κ1) is 16.2. The van der Waals surface area contributed by atoms with Crippen LogP contribution < -0.4 is 20.5 Å². The van der Waals surface area contributed by atoms with Gasteiger partial charge in [-0.05, 0) is 17.7 Å². The standard InChI is InChI=1S/C14H18F2N2O2/c1-3-4-7-18-11(9-17)10-5-6-12(19-2)13(8-10)20-14(15)16/h1,5-6,8,11,14,18H,4,7,9,17H2,2H3. The van der Waals surface area contributed by atoms with Crippen LogP contribution in [-0.4, -0.2) is 26.8 Å². The second kappa shape index (κ2) is 8.35.